The average Bonchev–Trinajstić information content (AvgIpc) is 2.69. The highest BCUT2D eigenvalue weighted by Crippen LogP contribution is 2.35. The van der Waals surface area contributed by atoms with Crippen LogP contribution < -0.4 is 15.4 Å². The first-order chi connectivity index (χ1) is 14.3. The zero-order chi connectivity index (χ0) is 21.7. The third kappa shape index (κ3) is 5.17. The monoisotopic (exact) mass is 413 g/mol. The molecule has 0 atom stereocenters. The van der Waals surface area contributed by atoms with Crippen LogP contribution in [-0.2, 0) is 6.18 Å². The molecule has 0 amide bonds. The van der Waals surface area contributed by atoms with Crippen LogP contribution in [0, 0.1) is 11.3 Å². The van der Waals surface area contributed by atoms with Gasteiger partial charge in [0.2, 0.25) is 5.95 Å². The second-order valence-electron chi connectivity index (χ2n) is 6.55. The van der Waals surface area contributed by atoms with E-state index in [1.807, 2.05) is 19.9 Å². The van der Waals surface area contributed by atoms with Gasteiger partial charge in [0.25, 0.3) is 0 Å². The maximum absolute atomic E-state index is 13.4. The van der Waals surface area contributed by atoms with Crippen molar-refractivity contribution in [2.75, 3.05) is 10.6 Å². The van der Waals surface area contributed by atoms with Gasteiger partial charge in [-0.3, -0.25) is 0 Å². The molecule has 0 aliphatic rings. The summed E-state index contributed by atoms with van der Waals surface area (Å²) >= 11 is 0. The Labute approximate surface area is 171 Å². The molecule has 0 aliphatic carbocycles. The normalized spacial score (nSPS) is 11.1. The molecule has 1 aromatic heterocycles. The molecular formula is C21H18F3N5O. The molecule has 0 fully saturated rings. The van der Waals surface area contributed by atoms with E-state index in [-0.39, 0.29) is 23.3 Å². The number of benzene rings is 2. The maximum Gasteiger partial charge on any atom is 0.421 e. The van der Waals surface area contributed by atoms with E-state index in [0.29, 0.717) is 17.6 Å². The average molecular weight is 413 g/mol. The molecular weight excluding hydrogens is 395 g/mol. The minimum atomic E-state index is -4.67. The van der Waals surface area contributed by atoms with Crippen molar-refractivity contribution in [3.63, 3.8) is 0 Å². The lowest BCUT2D eigenvalue weighted by Gasteiger charge is -2.15. The van der Waals surface area contributed by atoms with Crippen LogP contribution in [0.5, 0.6) is 5.75 Å². The zero-order valence-corrected chi connectivity index (χ0v) is 16.2. The Morgan fingerprint density at radius 1 is 1.03 bits per heavy atom. The SMILES string of the molecule is CC(C)Oc1ccc(Nc2ncc(C(F)(F)F)c(Nc3ccccc3C#N)n2)cc1. The van der Waals surface area contributed by atoms with Crippen molar-refractivity contribution in [2.45, 2.75) is 26.1 Å². The summed E-state index contributed by atoms with van der Waals surface area (Å²) in [6.45, 7) is 3.81. The van der Waals surface area contributed by atoms with Crippen molar-refractivity contribution >= 4 is 23.1 Å². The number of hydrogen-bond donors (Lipinski definition) is 2. The van der Waals surface area contributed by atoms with Gasteiger partial charge >= 0.3 is 6.18 Å². The molecule has 0 aliphatic heterocycles. The molecule has 3 aromatic rings. The van der Waals surface area contributed by atoms with Gasteiger partial charge in [0.15, 0.2) is 0 Å². The number of para-hydroxylation sites is 1. The fourth-order valence-electron chi connectivity index (χ4n) is 2.58. The summed E-state index contributed by atoms with van der Waals surface area (Å²) in [5.74, 6) is 0.180. The Morgan fingerprint density at radius 3 is 2.37 bits per heavy atom. The largest absolute Gasteiger partial charge is 0.491 e. The number of aromatic nitrogens is 2. The standard InChI is InChI=1S/C21H18F3N5O/c1-13(2)30-16-9-7-15(8-10-16)27-20-26-12-17(21(22,23)24)19(29-20)28-18-6-4-3-5-14(18)11-25/h3-10,12-13H,1-2H3,(H2,26,27,28,29). The van der Waals surface area contributed by atoms with Crippen molar-refractivity contribution in [3.8, 4) is 11.8 Å². The Hall–Kier alpha value is -3.80. The Morgan fingerprint density at radius 2 is 1.73 bits per heavy atom. The second-order valence-corrected chi connectivity index (χ2v) is 6.55. The zero-order valence-electron chi connectivity index (χ0n) is 16.2. The van der Waals surface area contributed by atoms with Crippen molar-refractivity contribution in [1.29, 1.82) is 5.26 Å². The topological polar surface area (TPSA) is 82.9 Å². The fourth-order valence-corrected chi connectivity index (χ4v) is 2.58. The molecule has 2 N–H and O–H groups in total. The summed E-state index contributed by atoms with van der Waals surface area (Å²) in [5, 5.41) is 14.7. The lowest BCUT2D eigenvalue weighted by atomic mass is 10.2. The molecule has 9 heteroatoms. The first-order valence-corrected chi connectivity index (χ1v) is 9.00. The molecule has 30 heavy (non-hydrogen) atoms. The fraction of sp³-hybridized carbons (Fsp3) is 0.190. The van der Waals surface area contributed by atoms with Gasteiger partial charge in [0, 0.05) is 11.9 Å². The Balaban J connectivity index is 1.90. The summed E-state index contributed by atoms with van der Waals surface area (Å²) in [7, 11) is 0. The Kier molecular flexibility index (Phi) is 6.06. The molecule has 0 bridgehead atoms. The number of rotatable bonds is 6. The van der Waals surface area contributed by atoms with E-state index < -0.39 is 17.6 Å². The molecule has 0 unspecified atom stereocenters. The van der Waals surface area contributed by atoms with Crippen LogP contribution in [0.4, 0.5) is 36.3 Å². The van der Waals surface area contributed by atoms with Crippen molar-refractivity contribution in [3.05, 3.63) is 65.9 Å². The Bertz CT molecular complexity index is 1060. The van der Waals surface area contributed by atoms with Crippen LogP contribution in [0.3, 0.4) is 0 Å². The molecule has 1 heterocycles. The molecule has 154 valence electrons. The first kappa shape index (κ1) is 20.9. The number of ether oxygens (including phenoxy) is 1. The molecule has 2 aromatic carbocycles. The lowest BCUT2D eigenvalue weighted by Crippen LogP contribution is -2.13. The van der Waals surface area contributed by atoms with E-state index in [0.717, 1.165) is 0 Å². The van der Waals surface area contributed by atoms with Crippen molar-refractivity contribution < 1.29 is 17.9 Å². The lowest BCUT2D eigenvalue weighted by molar-refractivity contribution is -0.137. The van der Waals surface area contributed by atoms with E-state index >= 15 is 0 Å². The highest BCUT2D eigenvalue weighted by molar-refractivity contribution is 5.67. The minimum absolute atomic E-state index is 0.0203. The predicted octanol–water partition coefficient (Wildman–Crippen LogP) is 5.64. The molecule has 0 spiro atoms. The van der Waals surface area contributed by atoms with Crippen LogP contribution in [0.2, 0.25) is 0 Å². The summed E-state index contributed by atoms with van der Waals surface area (Å²) in [5.41, 5.74) is -0.0551. The summed E-state index contributed by atoms with van der Waals surface area (Å²) in [6.07, 6.45) is -3.95. The predicted molar refractivity (Wildman–Crippen MR) is 107 cm³/mol. The van der Waals surface area contributed by atoms with Crippen molar-refractivity contribution in [1.82, 2.24) is 9.97 Å². The second kappa shape index (κ2) is 8.69. The third-order valence-corrected chi connectivity index (χ3v) is 3.88. The van der Waals surface area contributed by atoms with Gasteiger partial charge in [-0.05, 0) is 50.2 Å². The van der Waals surface area contributed by atoms with Gasteiger partial charge in [0.1, 0.15) is 23.2 Å². The summed E-state index contributed by atoms with van der Waals surface area (Å²) < 4.78 is 45.8. The third-order valence-electron chi connectivity index (χ3n) is 3.88. The van der Waals surface area contributed by atoms with Gasteiger partial charge in [-0.15, -0.1) is 0 Å². The van der Waals surface area contributed by atoms with Gasteiger partial charge in [-0.2, -0.15) is 23.4 Å². The smallest absolute Gasteiger partial charge is 0.421 e. The molecule has 0 radical (unpaired) electrons. The highest BCUT2D eigenvalue weighted by atomic mass is 19.4. The van der Waals surface area contributed by atoms with Gasteiger partial charge in [0.05, 0.1) is 17.4 Å². The number of halogens is 3. The van der Waals surface area contributed by atoms with Crippen LogP contribution in [0.25, 0.3) is 0 Å². The first-order valence-electron chi connectivity index (χ1n) is 9.00. The van der Waals surface area contributed by atoms with Crippen LogP contribution in [0.1, 0.15) is 25.0 Å². The van der Waals surface area contributed by atoms with Crippen LogP contribution in [-0.4, -0.2) is 16.1 Å². The molecule has 6 nitrogen and oxygen atoms in total. The van der Waals surface area contributed by atoms with Gasteiger partial charge in [-0.25, -0.2) is 4.98 Å². The maximum atomic E-state index is 13.4. The van der Waals surface area contributed by atoms with E-state index in [2.05, 4.69) is 20.6 Å². The van der Waals surface area contributed by atoms with Gasteiger partial charge in [-0.1, -0.05) is 12.1 Å². The van der Waals surface area contributed by atoms with Gasteiger partial charge < -0.3 is 15.4 Å². The number of nitriles is 1. The van der Waals surface area contributed by atoms with E-state index in [4.69, 9.17) is 4.74 Å². The number of nitrogens with one attached hydrogen (secondary N) is 2. The highest BCUT2D eigenvalue weighted by Gasteiger charge is 2.35. The van der Waals surface area contributed by atoms with E-state index in [1.165, 1.54) is 12.1 Å². The molecule has 3 rings (SSSR count). The molecule has 0 saturated carbocycles. The van der Waals surface area contributed by atoms with Crippen LogP contribution in [0.15, 0.2) is 54.7 Å². The molecule has 0 saturated heterocycles. The van der Waals surface area contributed by atoms with Crippen molar-refractivity contribution in [2.24, 2.45) is 0 Å². The minimum Gasteiger partial charge on any atom is -0.491 e. The number of nitrogens with zero attached hydrogens (tertiary/aromatic N) is 3. The number of hydrogen-bond acceptors (Lipinski definition) is 6. The summed E-state index contributed by atoms with van der Waals surface area (Å²) in [4.78, 5) is 7.76. The summed E-state index contributed by atoms with van der Waals surface area (Å²) in [6, 6.07) is 15.0. The van der Waals surface area contributed by atoms with Crippen LogP contribution >= 0.6 is 0 Å². The van der Waals surface area contributed by atoms with E-state index in [9.17, 15) is 18.4 Å². The van der Waals surface area contributed by atoms with E-state index in [1.54, 1.807) is 36.4 Å². The number of anilines is 4. The number of alkyl halides is 3. The quantitative estimate of drug-likeness (QED) is 0.544.